The highest BCUT2D eigenvalue weighted by atomic mass is 35.5. The maximum atomic E-state index is 11.7. The molecule has 0 N–H and O–H groups in total. The molecule has 0 saturated heterocycles. The van der Waals surface area contributed by atoms with Crippen molar-refractivity contribution in [3.8, 4) is 22.4 Å². The van der Waals surface area contributed by atoms with Crippen LogP contribution in [-0.2, 0) is 9.84 Å². The smallest absolute Gasteiger partial charge is 0.175 e. The summed E-state index contributed by atoms with van der Waals surface area (Å²) in [5.41, 5.74) is 4.55. The quantitative estimate of drug-likeness (QED) is 0.565. The van der Waals surface area contributed by atoms with Crippen LogP contribution in [0.1, 0.15) is 37.3 Å². The van der Waals surface area contributed by atoms with E-state index in [1.165, 1.54) is 31.9 Å². The molecule has 0 atom stereocenters. The van der Waals surface area contributed by atoms with E-state index in [9.17, 15) is 8.42 Å². The van der Waals surface area contributed by atoms with Gasteiger partial charge in [0.15, 0.2) is 9.84 Å². The van der Waals surface area contributed by atoms with Crippen molar-refractivity contribution in [1.82, 2.24) is 9.97 Å². The molecule has 4 nitrogen and oxygen atoms in total. The second-order valence-corrected chi connectivity index (χ2v) is 9.75. The van der Waals surface area contributed by atoms with Gasteiger partial charge in [0.05, 0.1) is 15.6 Å². The normalized spacial score (nSPS) is 15.1. The fourth-order valence-corrected chi connectivity index (χ4v) is 4.57. The van der Waals surface area contributed by atoms with Crippen molar-refractivity contribution in [2.45, 2.75) is 36.5 Å². The molecule has 0 radical (unpaired) electrons. The van der Waals surface area contributed by atoms with Crippen LogP contribution in [0, 0.1) is 0 Å². The number of benzene rings is 1. The molecular weight excluding hydrogens is 392 g/mol. The second kappa shape index (κ2) is 7.64. The number of nitrogens with zero attached hydrogens (tertiary/aromatic N) is 2. The van der Waals surface area contributed by atoms with E-state index < -0.39 is 9.84 Å². The zero-order valence-electron chi connectivity index (χ0n) is 15.6. The monoisotopic (exact) mass is 412 g/mol. The Labute approximate surface area is 170 Å². The average Bonchev–Trinajstić information content (AvgIpc) is 3.22. The largest absolute Gasteiger partial charge is 0.260 e. The molecule has 0 bridgehead atoms. The summed E-state index contributed by atoms with van der Waals surface area (Å²) in [5.74, 6) is 0.565. The molecule has 1 aliphatic rings. The van der Waals surface area contributed by atoms with Gasteiger partial charge >= 0.3 is 0 Å². The molecule has 0 aliphatic heterocycles. The number of pyridine rings is 2. The van der Waals surface area contributed by atoms with E-state index in [2.05, 4.69) is 22.1 Å². The van der Waals surface area contributed by atoms with Crippen LogP contribution in [0.15, 0.2) is 59.8 Å². The summed E-state index contributed by atoms with van der Waals surface area (Å²) in [4.78, 5) is 9.51. The van der Waals surface area contributed by atoms with Crippen molar-refractivity contribution < 1.29 is 8.42 Å². The Morgan fingerprint density at radius 3 is 2.21 bits per heavy atom. The Hall–Kier alpha value is -2.24. The van der Waals surface area contributed by atoms with Crippen molar-refractivity contribution >= 4 is 21.4 Å². The van der Waals surface area contributed by atoms with Crippen molar-refractivity contribution in [2.24, 2.45) is 0 Å². The maximum Gasteiger partial charge on any atom is 0.175 e. The lowest BCUT2D eigenvalue weighted by Crippen LogP contribution is -1.98. The van der Waals surface area contributed by atoms with Crippen LogP contribution in [0.25, 0.3) is 22.4 Å². The molecule has 144 valence electrons. The number of hydrogen-bond acceptors (Lipinski definition) is 4. The van der Waals surface area contributed by atoms with Gasteiger partial charge in [-0.1, -0.05) is 36.6 Å². The molecule has 2 aromatic heterocycles. The van der Waals surface area contributed by atoms with Gasteiger partial charge in [-0.15, -0.1) is 0 Å². The third-order valence-corrected chi connectivity index (χ3v) is 6.62. The van der Waals surface area contributed by atoms with Crippen LogP contribution in [0.5, 0.6) is 0 Å². The van der Waals surface area contributed by atoms with Gasteiger partial charge in [0.2, 0.25) is 0 Å². The van der Waals surface area contributed by atoms with Crippen LogP contribution < -0.4 is 0 Å². The summed E-state index contributed by atoms with van der Waals surface area (Å²) in [6, 6.07) is 12.8. The predicted octanol–water partition coefficient (Wildman–Crippen LogP) is 5.53. The van der Waals surface area contributed by atoms with Crippen LogP contribution in [0.4, 0.5) is 0 Å². The second-order valence-electron chi connectivity index (χ2n) is 7.30. The highest BCUT2D eigenvalue weighted by Crippen LogP contribution is 2.35. The highest BCUT2D eigenvalue weighted by Gasteiger charge is 2.19. The highest BCUT2D eigenvalue weighted by molar-refractivity contribution is 7.90. The fourth-order valence-electron chi connectivity index (χ4n) is 3.78. The van der Waals surface area contributed by atoms with E-state index >= 15 is 0 Å². The lowest BCUT2D eigenvalue weighted by Gasteiger charge is -2.12. The fraction of sp³-hybridized carbons (Fsp3) is 0.273. The van der Waals surface area contributed by atoms with Crippen LogP contribution >= 0.6 is 11.6 Å². The third-order valence-electron chi connectivity index (χ3n) is 5.28. The summed E-state index contributed by atoms with van der Waals surface area (Å²) < 4.78 is 23.4. The first-order valence-corrected chi connectivity index (χ1v) is 11.6. The van der Waals surface area contributed by atoms with E-state index in [4.69, 9.17) is 11.6 Å². The molecule has 0 spiro atoms. The predicted molar refractivity (Wildman–Crippen MR) is 112 cm³/mol. The Morgan fingerprint density at radius 2 is 1.61 bits per heavy atom. The number of hydrogen-bond donors (Lipinski definition) is 0. The molecule has 2 heterocycles. The minimum Gasteiger partial charge on any atom is -0.260 e. The van der Waals surface area contributed by atoms with E-state index in [0.29, 0.717) is 10.9 Å². The molecule has 1 fully saturated rings. The number of sulfone groups is 1. The molecular formula is C22H21ClN2O2S. The van der Waals surface area contributed by atoms with E-state index in [1.807, 2.05) is 12.3 Å². The first-order chi connectivity index (χ1) is 13.4. The molecule has 0 unspecified atom stereocenters. The Balaban J connectivity index is 1.72. The van der Waals surface area contributed by atoms with E-state index in [0.717, 1.165) is 28.1 Å². The topological polar surface area (TPSA) is 59.9 Å². The van der Waals surface area contributed by atoms with Crippen molar-refractivity contribution in [3.63, 3.8) is 0 Å². The lowest BCUT2D eigenvalue weighted by molar-refractivity contribution is 0.602. The van der Waals surface area contributed by atoms with Gasteiger partial charge in [-0.25, -0.2) is 8.42 Å². The van der Waals surface area contributed by atoms with Crippen molar-refractivity contribution in [3.05, 3.63) is 65.6 Å². The Kier molecular flexibility index (Phi) is 5.21. The molecule has 6 heteroatoms. The van der Waals surface area contributed by atoms with Gasteiger partial charge in [-0.05, 0) is 48.7 Å². The van der Waals surface area contributed by atoms with Gasteiger partial charge in [0.25, 0.3) is 0 Å². The first-order valence-electron chi connectivity index (χ1n) is 9.34. The van der Waals surface area contributed by atoms with Crippen molar-refractivity contribution in [1.29, 1.82) is 0 Å². The molecule has 1 aromatic carbocycles. The molecule has 1 aliphatic carbocycles. The summed E-state index contributed by atoms with van der Waals surface area (Å²) in [5, 5.41) is 0.529. The zero-order chi connectivity index (χ0) is 19.7. The zero-order valence-corrected chi connectivity index (χ0v) is 17.2. The third kappa shape index (κ3) is 3.96. The standard InChI is InChI=1S/C22H21ClN2O2S/c1-28(26,27)19-9-6-15(7-10-19)20-12-18(23)14-25-22(20)17-8-11-21(24-13-17)16-4-2-3-5-16/h6-14,16H,2-5H2,1H3. The molecule has 1 saturated carbocycles. The van der Waals surface area contributed by atoms with E-state index in [1.54, 1.807) is 30.5 Å². The summed E-state index contributed by atoms with van der Waals surface area (Å²) >= 11 is 6.20. The van der Waals surface area contributed by atoms with Gasteiger partial charge in [0, 0.05) is 41.4 Å². The molecule has 0 amide bonds. The Bertz CT molecular complexity index is 1090. The molecule has 3 aromatic rings. The first kappa shape index (κ1) is 19.1. The van der Waals surface area contributed by atoms with Crippen LogP contribution in [0.3, 0.4) is 0 Å². The van der Waals surface area contributed by atoms with Crippen molar-refractivity contribution in [2.75, 3.05) is 6.26 Å². The average molecular weight is 413 g/mol. The lowest BCUT2D eigenvalue weighted by atomic mass is 9.98. The van der Waals surface area contributed by atoms with Gasteiger partial charge in [-0.3, -0.25) is 9.97 Å². The summed E-state index contributed by atoms with van der Waals surface area (Å²) in [6.45, 7) is 0. The summed E-state index contributed by atoms with van der Waals surface area (Å²) in [7, 11) is -3.24. The minimum absolute atomic E-state index is 0.287. The van der Waals surface area contributed by atoms with E-state index in [-0.39, 0.29) is 4.90 Å². The van der Waals surface area contributed by atoms with Gasteiger partial charge < -0.3 is 0 Å². The van der Waals surface area contributed by atoms with Crippen LogP contribution in [-0.4, -0.2) is 24.6 Å². The SMILES string of the molecule is CS(=O)(=O)c1ccc(-c2cc(Cl)cnc2-c2ccc(C3CCCC3)nc2)cc1. The van der Waals surface area contributed by atoms with Crippen LogP contribution in [0.2, 0.25) is 5.02 Å². The molecule has 4 rings (SSSR count). The summed E-state index contributed by atoms with van der Waals surface area (Å²) in [6.07, 6.45) is 9.67. The van der Waals surface area contributed by atoms with Gasteiger partial charge in [-0.2, -0.15) is 0 Å². The maximum absolute atomic E-state index is 11.7. The number of aromatic nitrogens is 2. The minimum atomic E-state index is -3.24. The number of rotatable bonds is 4. The molecule has 28 heavy (non-hydrogen) atoms. The van der Waals surface area contributed by atoms with Gasteiger partial charge in [0.1, 0.15) is 0 Å². The number of halogens is 1. The Morgan fingerprint density at radius 1 is 0.929 bits per heavy atom.